The third-order valence-electron chi connectivity index (χ3n) is 2.33. The van der Waals surface area contributed by atoms with Gasteiger partial charge in [-0.3, -0.25) is 0 Å². The first-order valence-corrected chi connectivity index (χ1v) is 5.23. The molecule has 0 aliphatic rings. The summed E-state index contributed by atoms with van der Waals surface area (Å²) in [5.74, 6) is 1.33. The van der Waals surface area contributed by atoms with Gasteiger partial charge in [-0.05, 0) is 44.4 Å². The predicted octanol–water partition coefficient (Wildman–Crippen LogP) is 3.70. The lowest BCUT2D eigenvalue weighted by Crippen LogP contribution is -1.97. The summed E-state index contributed by atoms with van der Waals surface area (Å²) in [6.07, 6.45) is 1.81. The molecule has 82 valence electrons. The average molecular weight is 206 g/mol. The van der Waals surface area contributed by atoms with Crippen LogP contribution < -0.4 is 4.74 Å². The van der Waals surface area contributed by atoms with E-state index in [0.717, 1.165) is 24.2 Å². The third-order valence-corrected chi connectivity index (χ3v) is 2.33. The summed E-state index contributed by atoms with van der Waals surface area (Å²) in [4.78, 5) is 0. The number of rotatable bonds is 5. The van der Waals surface area contributed by atoms with E-state index in [2.05, 4.69) is 0 Å². The summed E-state index contributed by atoms with van der Waals surface area (Å²) in [5.41, 5.74) is 1.03. The van der Waals surface area contributed by atoms with Crippen molar-refractivity contribution in [3.63, 3.8) is 0 Å². The van der Waals surface area contributed by atoms with Gasteiger partial charge in [0.25, 0.3) is 0 Å². The van der Waals surface area contributed by atoms with Crippen molar-refractivity contribution in [2.45, 2.75) is 26.7 Å². The predicted molar refractivity (Wildman–Crippen MR) is 62.2 cm³/mol. The molecule has 0 atom stereocenters. The van der Waals surface area contributed by atoms with Crippen LogP contribution in [0.1, 0.15) is 26.7 Å². The Kier molecular flexibility index (Phi) is 4.75. The molecule has 0 saturated heterocycles. The fourth-order valence-electron chi connectivity index (χ4n) is 1.22. The summed E-state index contributed by atoms with van der Waals surface area (Å²) in [6, 6.07) is 9.77. The van der Waals surface area contributed by atoms with E-state index in [1.165, 1.54) is 0 Å². The molecule has 0 amide bonds. The Morgan fingerprint density at radius 2 is 1.87 bits per heavy atom. The Morgan fingerprint density at radius 3 is 2.47 bits per heavy atom. The average Bonchev–Trinajstić information content (AvgIpc) is 2.25. The van der Waals surface area contributed by atoms with Crippen molar-refractivity contribution in [2.24, 2.45) is 0 Å². The number of ether oxygens (including phenoxy) is 1. The molecule has 0 unspecified atom stereocenters. The Hall–Kier alpha value is -1.44. The fraction of sp³-hybridized carbons (Fsp3) is 0.385. The van der Waals surface area contributed by atoms with Gasteiger partial charge in [-0.25, -0.2) is 0 Å². The second kappa shape index (κ2) is 6.12. The summed E-state index contributed by atoms with van der Waals surface area (Å²) >= 11 is 0. The van der Waals surface area contributed by atoms with Crippen molar-refractivity contribution in [1.82, 2.24) is 0 Å². The summed E-state index contributed by atoms with van der Waals surface area (Å²) < 4.78 is 5.53. The molecule has 0 bridgehead atoms. The van der Waals surface area contributed by atoms with Crippen molar-refractivity contribution >= 4 is 0 Å². The smallest absolute Gasteiger partial charge is 0.119 e. The molecule has 0 heterocycles. The third kappa shape index (κ3) is 4.54. The minimum atomic E-state index is 0.426. The maximum Gasteiger partial charge on any atom is 0.119 e. The number of hydrogen-bond donors (Lipinski definition) is 1. The minimum absolute atomic E-state index is 0.426. The van der Waals surface area contributed by atoms with Crippen molar-refractivity contribution in [3.8, 4) is 5.75 Å². The van der Waals surface area contributed by atoms with Crippen molar-refractivity contribution < 1.29 is 9.84 Å². The van der Waals surface area contributed by atoms with Gasteiger partial charge in [0.05, 0.1) is 12.4 Å². The van der Waals surface area contributed by atoms with Gasteiger partial charge in [-0.15, -0.1) is 0 Å². The van der Waals surface area contributed by atoms with Crippen LogP contribution in [0.15, 0.2) is 41.7 Å². The topological polar surface area (TPSA) is 29.5 Å². The molecular formula is C13H18O2. The van der Waals surface area contributed by atoms with E-state index in [4.69, 9.17) is 4.74 Å². The molecule has 2 nitrogen and oxygen atoms in total. The molecule has 15 heavy (non-hydrogen) atoms. The van der Waals surface area contributed by atoms with Gasteiger partial charge in [0, 0.05) is 0 Å². The van der Waals surface area contributed by atoms with Crippen LogP contribution in [-0.2, 0) is 0 Å². The molecule has 0 aliphatic heterocycles. The fourth-order valence-corrected chi connectivity index (χ4v) is 1.22. The van der Waals surface area contributed by atoms with Crippen LogP contribution in [-0.4, -0.2) is 11.7 Å². The number of allylic oxidation sites excluding steroid dienone is 2. The van der Waals surface area contributed by atoms with E-state index < -0.39 is 0 Å². The zero-order valence-electron chi connectivity index (χ0n) is 9.36. The second-order valence-electron chi connectivity index (χ2n) is 3.63. The maximum absolute atomic E-state index is 9.18. The SMILES string of the molecule is CC(O)=C(C)CCCOc1ccccc1. The molecular weight excluding hydrogens is 188 g/mol. The van der Waals surface area contributed by atoms with Gasteiger partial charge < -0.3 is 9.84 Å². The highest BCUT2D eigenvalue weighted by Gasteiger charge is 1.96. The molecule has 1 rings (SSSR count). The maximum atomic E-state index is 9.18. The first-order chi connectivity index (χ1) is 7.20. The molecule has 1 aromatic carbocycles. The lowest BCUT2D eigenvalue weighted by Gasteiger charge is -2.06. The lowest BCUT2D eigenvalue weighted by atomic mass is 10.1. The van der Waals surface area contributed by atoms with Crippen LogP contribution >= 0.6 is 0 Å². The molecule has 0 aliphatic carbocycles. The van der Waals surface area contributed by atoms with Crippen LogP contribution in [0, 0.1) is 0 Å². The number of para-hydroxylation sites is 1. The zero-order chi connectivity index (χ0) is 11.1. The highest BCUT2D eigenvalue weighted by Crippen LogP contribution is 2.11. The van der Waals surface area contributed by atoms with Crippen LogP contribution in [0.5, 0.6) is 5.75 Å². The Bertz CT molecular complexity index is 311. The van der Waals surface area contributed by atoms with E-state index in [1.54, 1.807) is 6.92 Å². The second-order valence-corrected chi connectivity index (χ2v) is 3.63. The van der Waals surface area contributed by atoms with Crippen LogP contribution in [0.2, 0.25) is 0 Å². The highest BCUT2D eigenvalue weighted by molar-refractivity contribution is 5.20. The Balaban J connectivity index is 2.21. The quantitative estimate of drug-likeness (QED) is 0.588. The molecule has 0 saturated carbocycles. The molecule has 0 spiro atoms. The van der Waals surface area contributed by atoms with Crippen LogP contribution in [0.3, 0.4) is 0 Å². The van der Waals surface area contributed by atoms with Crippen LogP contribution in [0.25, 0.3) is 0 Å². The highest BCUT2D eigenvalue weighted by atomic mass is 16.5. The summed E-state index contributed by atoms with van der Waals surface area (Å²) in [7, 11) is 0. The first kappa shape index (κ1) is 11.6. The Labute approximate surface area is 91.2 Å². The van der Waals surface area contributed by atoms with E-state index in [9.17, 15) is 5.11 Å². The molecule has 0 fully saturated rings. The van der Waals surface area contributed by atoms with Crippen molar-refractivity contribution in [3.05, 3.63) is 41.7 Å². The number of aliphatic hydroxyl groups is 1. The summed E-state index contributed by atoms with van der Waals surface area (Å²) in [5, 5.41) is 9.18. The van der Waals surface area contributed by atoms with Gasteiger partial charge in [-0.2, -0.15) is 0 Å². The van der Waals surface area contributed by atoms with Gasteiger partial charge in [0.15, 0.2) is 0 Å². The van der Waals surface area contributed by atoms with Gasteiger partial charge >= 0.3 is 0 Å². The Morgan fingerprint density at radius 1 is 1.20 bits per heavy atom. The number of hydrogen-bond acceptors (Lipinski definition) is 2. The number of benzene rings is 1. The number of aliphatic hydroxyl groups excluding tert-OH is 1. The van der Waals surface area contributed by atoms with E-state index in [1.807, 2.05) is 37.3 Å². The molecule has 1 N–H and O–H groups in total. The summed E-state index contributed by atoms with van der Waals surface area (Å²) in [6.45, 7) is 4.35. The lowest BCUT2D eigenvalue weighted by molar-refractivity contribution is 0.309. The van der Waals surface area contributed by atoms with Gasteiger partial charge in [-0.1, -0.05) is 18.2 Å². The van der Waals surface area contributed by atoms with E-state index >= 15 is 0 Å². The van der Waals surface area contributed by atoms with Gasteiger partial charge in [0.2, 0.25) is 0 Å². The van der Waals surface area contributed by atoms with Gasteiger partial charge in [0.1, 0.15) is 5.75 Å². The normalized spacial score (nSPS) is 12.1. The van der Waals surface area contributed by atoms with E-state index in [0.29, 0.717) is 12.4 Å². The van der Waals surface area contributed by atoms with Crippen molar-refractivity contribution in [2.75, 3.05) is 6.61 Å². The molecule has 1 aromatic rings. The van der Waals surface area contributed by atoms with Crippen LogP contribution in [0.4, 0.5) is 0 Å². The van der Waals surface area contributed by atoms with Crippen molar-refractivity contribution in [1.29, 1.82) is 0 Å². The molecule has 0 radical (unpaired) electrons. The molecule has 2 heteroatoms. The zero-order valence-corrected chi connectivity index (χ0v) is 9.36. The molecule has 0 aromatic heterocycles. The standard InChI is InChI=1S/C13H18O2/c1-11(12(2)14)7-6-10-15-13-8-4-3-5-9-13/h3-5,8-9,14H,6-7,10H2,1-2H3. The minimum Gasteiger partial charge on any atom is -0.513 e. The monoisotopic (exact) mass is 206 g/mol. The first-order valence-electron chi connectivity index (χ1n) is 5.23. The van der Waals surface area contributed by atoms with E-state index in [-0.39, 0.29) is 0 Å². The largest absolute Gasteiger partial charge is 0.513 e.